The Kier molecular flexibility index (Phi) is 5.60. The number of benzene rings is 1. The number of ether oxygens (including phenoxy) is 1. The molecule has 0 fully saturated rings. The molecule has 1 aromatic carbocycles. The van der Waals surface area contributed by atoms with Gasteiger partial charge in [0.1, 0.15) is 11.6 Å². The Balaban J connectivity index is 2.72. The molecule has 0 unspecified atom stereocenters. The van der Waals surface area contributed by atoms with E-state index >= 15 is 0 Å². The first kappa shape index (κ1) is 14.7. The van der Waals surface area contributed by atoms with E-state index in [1.165, 1.54) is 12.1 Å². The summed E-state index contributed by atoms with van der Waals surface area (Å²) in [5.74, 6) is 0.939. The van der Waals surface area contributed by atoms with Crippen LogP contribution in [0.1, 0.15) is 26.7 Å². The molecule has 17 heavy (non-hydrogen) atoms. The van der Waals surface area contributed by atoms with Crippen LogP contribution in [0, 0.1) is 11.2 Å². The summed E-state index contributed by atoms with van der Waals surface area (Å²) >= 11 is 10.3. The van der Waals surface area contributed by atoms with Crippen LogP contribution < -0.4 is 4.74 Å². The first-order valence-electron chi connectivity index (χ1n) is 5.75. The highest BCUT2D eigenvalue weighted by Gasteiger charge is 2.25. The van der Waals surface area contributed by atoms with Crippen LogP contribution in [0.3, 0.4) is 0 Å². The summed E-state index contributed by atoms with van der Waals surface area (Å²) in [5.41, 5.74) is 0.0564. The van der Waals surface area contributed by atoms with Crippen molar-refractivity contribution in [3.63, 3.8) is 0 Å². The average Bonchev–Trinajstić information content (AvgIpc) is 2.33. The number of halogens is 2. The molecule has 0 bridgehead atoms. The molecule has 0 atom stereocenters. The van der Waals surface area contributed by atoms with Gasteiger partial charge in [-0.05, 0) is 36.8 Å². The van der Waals surface area contributed by atoms with E-state index in [1.807, 2.05) is 0 Å². The first-order valence-corrected chi connectivity index (χ1v) is 6.76. The lowest BCUT2D eigenvalue weighted by atomic mass is 9.85. The lowest BCUT2D eigenvalue weighted by molar-refractivity contribution is 0.157. The van der Waals surface area contributed by atoms with Gasteiger partial charge in [0, 0.05) is 5.41 Å². The fourth-order valence-electron chi connectivity index (χ4n) is 1.55. The van der Waals surface area contributed by atoms with E-state index in [1.54, 1.807) is 6.07 Å². The predicted molar refractivity (Wildman–Crippen MR) is 73.8 cm³/mol. The van der Waals surface area contributed by atoms with Crippen LogP contribution in [0.15, 0.2) is 18.2 Å². The maximum atomic E-state index is 12.9. The van der Waals surface area contributed by atoms with Gasteiger partial charge in [0.15, 0.2) is 0 Å². The molecule has 0 saturated heterocycles. The van der Waals surface area contributed by atoms with Crippen molar-refractivity contribution >= 4 is 24.2 Å². The Hall–Kier alpha value is -0.410. The van der Waals surface area contributed by atoms with Crippen LogP contribution in [-0.4, -0.2) is 12.4 Å². The first-order chi connectivity index (χ1) is 8.06. The van der Waals surface area contributed by atoms with Gasteiger partial charge in [-0.25, -0.2) is 4.39 Å². The van der Waals surface area contributed by atoms with Crippen molar-refractivity contribution in [2.45, 2.75) is 26.7 Å². The van der Waals surface area contributed by atoms with Gasteiger partial charge in [-0.1, -0.05) is 25.4 Å². The van der Waals surface area contributed by atoms with Gasteiger partial charge in [0.25, 0.3) is 0 Å². The molecule has 96 valence electrons. The maximum absolute atomic E-state index is 12.9. The molecule has 0 radical (unpaired) electrons. The lowest BCUT2D eigenvalue weighted by Crippen LogP contribution is -2.29. The minimum absolute atomic E-state index is 0.0564. The Bertz CT molecular complexity index is 358. The van der Waals surface area contributed by atoms with E-state index < -0.39 is 0 Å². The molecule has 4 heteroatoms. The van der Waals surface area contributed by atoms with Gasteiger partial charge in [-0.2, -0.15) is 12.6 Å². The molecule has 0 aliphatic heterocycles. The molecule has 0 N–H and O–H groups in total. The zero-order valence-electron chi connectivity index (χ0n) is 10.2. The van der Waals surface area contributed by atoms with Gasteiger partial charge in [0.2, 0.25) is 0 Å². The van der Waals surface area contributed by atoms with E-state index in [0.717, 1.165) is 18.6 Å². The van der Waals surface area contributed by atoms with Gasteiger partial charge in [0.05, 0.1) is 11.6 Å². The monoisotopic (exact) mass is 276 g/mol. The summed E-state index contributed by atoms with van der Waals surface area (Å²) in [4.78, 5) is 0. The minimum Gasteiger partial charge on any atom is -0.491 e. The van der Waals surface area contributed by atoms with E-state index in [2.05, 4.69) is 26.5 Å². The van der Waals surface area contributed by atoms with Gasteiger partial charge in [-0.15, -0.1) is 0 Å². The fourth-order valence-corrected chi connectivity index (χ4v) is 2.31. The summed E-state index contributed by atoms with van der Waals surface area (Å²) in [5, 5.41) is 0.310. The molecule has 0 aliphatic rings. The second-order valence-corrected chi connectivity index (χ2v) is 4.95. The average molecular weight is 277 g/mol. The van der Waals surface area contributed by atoms with Crippen molar-refractivity contribution in [1.82, 2.24) is 0 Å². The zero-order valence-corrected chi connectivity index (χ0v) is 11.8. The topological polar surface area (TPSA) is 9.23 Å². The van der Waals surface area contributed by atoms with Crippen molar-refractivity contribution in [2.75, 3.05) is 12.4 Å². The van der Waals surface area contributed by atoms with Crippen LogP contribution in [0.4, 0.5) is 4.39 Å². The molecule has 0 aliphatic carbocycles. The summed E-state index contributed by atoms with van der Waals surface area (Å²) in [7, 11) is 0. The Morgan fingerprint density at radius 2 is 2.00 bits per heavy atom. The van der Waals surface area contributed by atoms with E-state index in [9.17, 15) is 4.39 Å². The molecular formula is C13H18ClFOS. The maximum Gasteiger partial charge on any atom is 0.138 e. The van der Waals surface area contributed by atoms with Crippen LogP contribution >= 0.6 is 24.2 Å². The predicted octanol–water partition coefficient (Wildman–Crippen LogP) is 4.59. The largest absolute Gasteiger partial charge is 0.491 e. The third kappa shape index (κ3) is 3.78. The number of thiol groups is 1. The van der Waals surface area contributed by atoms with Crippen molar-refractivity contribution in [2.24, 2.45) is 5.41 Å². The Labute approximate surface area is 113 Å². The molecule has 1 rings (SSSR count). The van der Waals surface area contributed by atoms with Gasteiger partial charge in [-0.3, -0.25) is 0 Å². The lowest BCUT2D eigenvalue weighted by Gasteiger charge is -2.29. The van der Waals surface area contributed by atoms with Crippen LogP contribution in [-0.2, 0) is 0 Å². The van der Waals surface area contributed by atoms with Crippen molar-refractivity contribution in [3.8, 4) is 5.75 Å². The van der Waals surface area contributed by atoms with Crippen LogP contribution in [0.2, 0.25) is 5.02 Å². The SMILES string of the molecule is CCC(CC)(CS)COc1ccc(F)cc1Cl. The molecule has 0 saturated carbocycles. The zero-order chi connectivity index (χ0) is 12.9. The van der Waals surface area contributed by atoms with E-state index in [-0.39, 0.29) is 11.2 Å². The Morgan fingerprint density at radius 3 is 2.47 bits per heavy atom. The van der Waals surface area contributed by atoms with E-state index in [0.29, 0.717) is 17.4 Å². The quantitative estimate of drug-likeness (QED) is 0.748. The summed E-state index contributed by atoms with van der Waals surface area (Å²) in [6.07, 6.45) is 1.98. The fraction of sp³-hybridized carbons (Fsp3) is 0.538. The summed E-state index contributed by atoms with van der Waals surface area (Å²) in [6.45, 7) is 4.79. The number of hydrogen-bond donors (Lipinski definition) is 1. The normalized spacial score (nSPS) is 11.6. The van der Waals surface area contributed by atoms with Gasteiger partial charge >= 0.3 is 0 Å². The van der Waals surface area contributed by atoms with Crippen molar-refractivity contribution in [3.05, 3.63) is 29.0 Å². The number of hydrogen-bond acceptors (Lipinski definition) is 2. The van der Waals surface area contributed by atoms with Crippen molar-refractivity contribution in [1.29, 1.82) is 0 Å². The van der Waals surface area contributed by atoms with Crippen molar-refractivity contribution < 1.29 is 9.13 Å². The highest BCUT2D eigenvalue weighted by Crippen LogP contribution is 2.31. The third-order valence-electron chi connectivity index (χ3n) is 3.26. The molecule has 1 aromatic rings. The highest BCUT2D eigenvalue weighted by atomic mass is 35.5. The molecule has 0 aromatic heterocycles. The van der Waals surface area contributed by atoms with E-state index in [4.69, 9.17) is 16.3 Å². The smallest absolute Gasteiger partial charge is 0.138 e. The molecule has 0 heterocycles. The Morgan fingerprint density at radius 1 is 1.35 bits per heavy atom. The minimum atomic E-state index is -0.353. The number of rotatable bonds is 6. The summed E-state index contributed by atoms with van der Waals surface area (Å²) in [6, 6.07) is 4.17. The highest BCUT2D eigenvalue weighted by molar-refractivity contribution is 7.80. The van der Waals surface area contributed by atoms with Gasteiger partial charge < -0.3 is 4.74 Å². The second-order valence-electron chi connectivity index (χ2n) is 4.23. The molecular weight excluding hydrogens is 259 g/mol. The molecule has 0 spiro atoms. The second kappa shape index (κ2) is 6.50. The summed E-state index contributed by atoms with van der Waals surface area (Å²) < 4.78 is 18.6. The molecule has 0 amide bonds. The third-order valence-corrected chi connectivity index (χ3v) is 4.23. The molecule has 1 nitrogen and oxygen atoms in total. The van der Waals surface area contributed by atoms with Crippen LogP contribution in [0.5, 0.6) is 5.75 Å². The van der Waals surface area contributed by atoms with Crippen LogP contribution in [0.25, 0.3) is 0 Å². The standard InChI is InChI=1S/C13H18ClFOS/c1-3-13(4-2,9-17)8-16-12-6-5-10(15)7-11(12)14/h5-7,17H,3-4,8-9H2,1-2H3.